The molecule has 1 aromatic carbocycles. The Labute approximate surface area is 112 Å². The maximum Gasteiger partial charge on any atom is 0.335 e. The molecule has 0 heterocycles. The van der Waals surface area contributed by atoms with Gasteiger partial charge in [-0.1, -0.05) is 12.1 Å². The van der Waals surface area contributed by atoms with E-state index >= 15 is 0 Å². The average Bonchev–Trinajstić information content (AvgIpc) is 2.34. The number of carbonyl (C=O) groups is 2. The van der Waals surface area contributed by atoms with Gasteiger partial charge in [0.15, 0.2) is 0 Å². The van der Waals surface area contributed by atoms with Gasteiger partial charge in [0.25, 0.3) is 0 Å². The molecule has 2 N–H and O–H groups in total. The summed E-state index contributed by atoms with van der Waals surface area (Å²) in [6.45, 7) is 0.471. The van der Waals surface area contributed by atoms with Gasteiger partial charge >= 0.3 is 12.0 Å². The molecule has 2 amide bonds. The van der Waals surface area contributed by atoms with Crippen LogP contribution in [0.2, 0.25) is 0 Å². The van der Waals surface area contributed by atoms with Crippen LogP contribution in [-0.4, -0.2) is 35.1 Å². The first-order chi connectivity index (χ1) is 9.06. The summed E-state index contributed by atoms with van der Waals surface area (Å²) in [7, 11) is 1.74. The van der Waals surface area contributed by atoms with Crippen LogP contribution in [0.25, 0.3) is 0 Å². The highest BCUT2D eigenvalue weighted by molar-refractivity contribution is 5.87. The molecule has 1 aliphatic carbocycles. The summed E-state index contributed by atoms with van der Waals surface area (Å²) in [6, 6.07) is 6.81. The van der Waals surface area contributed by atoms with E-state index in [0.29, 0.717) is 12.6 Å². The lowest BCUT2D eigenvalue weighted by atomic mass is 9.93. The van der Waals surface area contributed by atoms with Gasteiger partial charge in [0.1, 0.15) is 0 Å². The van der Waals surface area contributed by atoms with Crippen molar-refractivity contribution in [2.75, 3.05) is 7.05 Å². The van der Waals surface area contributed by atoms with Gasteiger partial charge in [0.2, 0.25) is 0 Å². The van der Waals surface area contributed by atoms with Crippen LogP contribution in [0.1, 0.15) is 35.2 Å². The van der Waals surface area contributed by atoms with Gasteiger partial charge in [-0.2, -0.15) is 0 Å². The summed E-state index contributed by atoms with van der Waals surface area (Å²) in [6.07, 6.45) is 3.31. The van der Waals surface area contributed by atoms with E-state index in [1.54, 1.807) is 36.2 Å². The third kappa shape index (κ3) is 3.47. The summed E-state index contributed by atoms with van der Waals surface area (Å²) in [5.74, 6) is -0.942. The summed E-state index contributed by atoms with van der Waals surface area (Å²) >= 11 is 0. The van der Waals surface area contributed by atoms with E-state index in [4.69, 9.17) is 5.11 Å². The predicted molar refractivity (Wildman–Crippen MR) is 71.0 cm³/mol. The summed E-state index contributed by atoms with van der Waals surface area (Å²) < 4.78 is 0. The highest BCUT2D eigenvalue weighted by atomic mass is 16.4. The molecule has 102 valence electrons. The second-order valence-electron chi connectivity index (χ2n) is 4.94. The summed E-state index contributed by atoms with van der Waals surface area (Å²) in [5.41, 5.74) is 1.17. The Balaban J connectivity index is 1.88. The predicted octanol–water partition coefficient (Wildman–Crippen LogP) is 2.08. The van der Waals surface area contributed by atoms with Crippen molar-refractivity contribution in [3.63, 3.8) is 0 Å². The van der Waals surface area contributed by atoms with E-state index in [1.165, 1.54) is 6.42 Å². The molecule has 0 aliphatic heterocycles. The topological polar surface area (TPSA) is 69.6 Å². The zero-order chi connectivity index (χ0) is 13.8. The number of hydrogen-bond donors (Lipinski definition) is 2. The Morgan fingerprint density at radius 2 is 1.95 bits per heavy atom. The molecule has 2 rings (SSSR count). The number of carboxylic acid groups (broad SMARTS) is 1. The Morgan fingerprint density at radius 1 is 1.32 bits per heavy atom. The van der Waals surface area contributed by atoms with Gasteiger partial charge in [0.05, 0.1) is 5.56 Å². The number of carboxylic acids is 1. The first-order valence-corrected chi connectivity index (χ1v) is 6.40. The molecular weight excluding hydrogens is 244 g/mol. The smallest absolute Gasteiger partial charge is 0.335 e. The normalized spacial score (nSPS) is 14.6. The standard InChI is InChI=1S/C14H18N2O3/c1-16(14(19)15-12-3-2-4-12)9-10-5-7-11(8-6-10)13(17)18/h5-8,12H,2-4,9H2,1H3,(H,15,19)(H,17,18). The van der Waals surface area contributed by atoms with Crippen molar-refractivity contribution in [1.29, 1.82) is 0 Å². The van der Waals surface area contributed by atoms with Crippen LogP contribution in [0.15, 0.2) is 24.3 Å². The minimum Gasteiger partial charge on any atom is -0.478 e. The Kier molecular flexibility index (Phi) is 4.04. The fraction of sp³-hybridized carbons (Fsp3) is 0.429. The molecular formula is C14H18N2O3. The molecule has 1 aliphatic rings. The third-order valence-electron chi connectivity index (χ3n) is 3.40. The van der Waals surface area contributed by atoms with Crippen molar-refractivity contribution in [3.05, 3.63) is 35.4 Å². The van der Waals surface area contributed by atoms with Crippen molar-refractivity contribution < 1.29 is 14.7 Å². The fourth-order valence-corrected chi connectivity index (χ4v) is 1.94. The second-order valence-corrected chi connectivity index (χ2v) is 4.94. The van der Waals surface area contributed by atoms with Crippen LogP contribution in [-0.2, 0) is 6.54 Å². The van der Waals surface area contributed by atoms with Crippen molar-refractivity contribution in [2.24, 2.45) is 0 Å². The van der Waals surface area contributed by atoms with Crippen LogP contribution >= 0.6 is 0 Å². The number of benzene rings is 1. The number of aromatic carboxylic acids is 1. The van der Waals surface area contributed by atoms with Crippen molar-refractivity contribution in [2.45, 2.75) is 31.8 Å². The molecule has 1 fully saturated rings. The molecule has 0 atom stereocenters. The van der Waals surface area contributed by atoms with Gasteiger partial charge in [-0.3, -0.25) is 0 Å². The zero-order valence-electron chi connectivity index (χ0n) is 10.9. The second kappa shape index (κ2) is 5.73. The van der Waals surface area contributed by atoms with Crippen LogP contribution in [0.4, 0.5) is 4.79 Å². The lowest BCUT2D eigenvalue weighted by Crippen LogP contribution is -2.45. The third-order valence-corrected chi connectivity index (χ3v) is 3.40. The number of nitrogens with one attached hydrogen (secondary N) is 1. The van der Waals surface area contributed by atoms with Gasteiger partial charge in [0, 0.05) is 19.6 Å². The first-order valence-electron chi connectivity index (χ1n) is 6.40. The minimum atomic E-state index is -0.942. The lowest BCUT2D eigenvalue weighted by molar-refractivity contribution is 0.0697. The van der Waals surface area contributed by atoms with Crippen LogP contribution in [0, 0.1) is 0 Å². The number of carbonyl (C=O) groups excluding carboxylic acids is 1. The maximum atomic E-state index is 11.8. The molecule has 0 unspecified atom stereocenters. The number of hydrogen-bond acceptors (Lipinski definition) is 2. The molecule has 0 bridgehead atoms. The van der Waals surface area contributed by atoms with Crippen molar-refractivity contribution in [3.8, 4) is 0 Å². The average molecular weight is 262 g/mol. The van der Waals surface area contributed by atoms with E-state index in [2.05, 4.69) is 5.32 Å². The highest BCUT2D eigenvalue weighted by Crippen LogP contribution is 2.18. The summed E-state index contributed by atoms with van der Waals surface area (Å²) in [5, 5.41) is 11.8. The molecule has 0 saturated heterocycles. The van der Waals surface area contributed by atoms with Crippen LogP contribution in [0.5, 0.6) is 0 Å². The SMILES string of the molecule is CN(Cc1ccc(C(=O)O)cc1)C(=O)NC1CCC1. The van der Waals surface area contributed by atoms with E-state index in [1.807, 2.05) is 0 Å². The van der Waals surface area contributed by atoms with E-state index in [-0.39, 0.29) is 11.6 Å². The molecule has 0 aromatic heterocycles. The monoisotopic (exact) mass is 262 g/mol. The van der Waals surface area contributed by atoms with Gasteiger partial charge < -0.3 is 15.3 Å². The van der Waals surface area contributed by atoms with Gasteiger partial charge in [-0.15, -0.1) is 0 Å². The number of rotatable bonds is 4. The van der Waals surface area contributed by atoms with E-state index in [0.717, 1.165) is 18.4 Å². The quantitative estimate of drug-likeness (QED) is 0.872. The van der Waals surface area contributed by atoms with E-state index in [9.17, 15) is 9.59 Å². The van der Waals surface area contributed by atoms with Crippen LogP contribution < -0.4 is 5.32 Å². The molecule has 0 spiro atoms. The highest BCUT2D eigenvalue weighted by Gasteiger charge is 2.21. The lowest BCUT2D eigenvalue weighted by Gasteiger charge is -2.29. The largest absolute Gasteiger partial charge is 0.478 e. The Morgan fingerprint density at radius 3 is 2.42 bits per heavy atom. The minimum absolute atomic E-state index is 0.0768. The fourth-order valence-electron chi connectivity index (χ4n) is 1.94. The van der Waals surface area contributed by atoms with Gasteiger partial charge in [-0.05, 0) is 37.0 Å². The molecule has 19 heavy (non-hydrogen) atoms. The van der Waals surface area contributed by atoms with Crippen molar-refractivity contribution >= 4 is 12.0 Å². The van der Waals surface area contributed by atoms with Gasteiger partial charge in [-0.25, -0.2) is 9.59 Å². The van der Waals surface area contributed by atoms with Crippen molar-refractivity contribution in [1.82, 2.24) is 10.2 Å². The molecule has 5 heteroatoms. The Bertz CT molecular complexity index is 466. The van der Waals surface area contributed by atoms with E-state index < -0.39 is 5.97 Å². The molecule has 1 aromatic rings. The zero-order valence-corrected chi connectivity index (χ0v) is 10.9. The number of urea groups is 1. The first kappa shape index (κ1) is 13.4. The molecule has 0 radical (unpaired) electrons. The number of nitrogens with zero attached hydrogens (tertiary/aromatic N) is 1. The molecule has 5 nitrogen and oxygen atoms in total. The Hall–Kier alpha value is -2.04. The summed E-state index contributed by atoms with van der Waals surface area (Å²) in [4.78, 5) is 24.2. The molecule has 1 saturated carbocycles. The maximum absolute atomic E-state index is 11.8. The number of amides is 2. The van der Waals surface area contributed by atoms with Crippen LogP contribution in [0.3, 0.4) is 0 Å².